The molecule has 1 heterocycles. The Kier molecular flexibility index (Phi) is 4.92. The molecule has 0 saturated heterocycles. The summed E-state index contributed by atoms with van der Waals surface area (Å²) in [5.74, 6) is -0.716. The molecule has 1 aromatic rings. The van der Waals surface area contributed by atoms with Crippen LogP contribution in [0.1, 0.15) is 20.3 Å². The van der Waals surface area contributed by atoms with Crippen molar-refractivity contribution in [2.75, 3.05) is 13.2 Å². The highest BCUT2D eigenvalue weighted by molar-refractivity contribution is 7.89. The molecule has 7 nitrogen and oxygen atoms in total. The van der Waals surface area contributed by atoms with E-state index in [0.29, 0.717) is 12.4 Å². The van der Waals surface area contributed by atoms with Crippen LogP contribution in [0.2, 0.25) is 0 Å². The smallest absolute Gasteiger partial charge is 0.321 e. The second-order valence-electron chi connectivity index (χ2n) is 5.42. The molecular formula is C14H19NO6S. The lowest BCUT2D eigenvalue weighted by Gasteiger charge is -2.22. The maximum Gasteiger partial charge on any atom is 0.321 e. The van der Waals surface area contributed by atoms with E-state index in [-0.39, 0.29) is 29.6 Å². The molecule has 0 fully saturated rings. The third-order valence-electron chi connectivity index (χ3n) is 3.12. The minimum Gasteiger partial charge on any atom is -0.486 e. The third-order valence-corrected chi connectivity index (χ3v) is 4.62. The molecular weight excluding hydrogens is 310 g/mol. The van der Waals surface area contributed by atoms with Gasteiger partial charge in [0.05, 0.1) is 0 Å². The Morgan fingerprint density at radius 2 is 2.00 bits per heavy atom. The Morgan fingerprint density at radius 1 is 1.32 bits per heavy atom. The molecule has 1 aliphatic heterocycles. The Hall–Kier alpha value is -1.80. The zero-order valence-corrected chi connectivity index (χ0v) is 13.2. The summed E-state index contributed by atoms with van der Waals surface area (Å²) >= 11 is 0. The Labute approximate surface area is 129 Å². The molecule has 122 valence electrons. The van der Waals surface area contributed by atoms with Gasteiger partial charge >= 0.3 is 5.97 Å². The Bertz CT molecular complexity index is 655. The van der Waals surface area contributed by atoms with E-state index in [4.69, 9.17) is 9.47 Å². The molecule has 8 heteroatoms. The van der Waals surface area contributed by atoms with Gasteiger partial charge in [0.2, 0.25) is 10.0 Å². The van der Waals surface area contributed by atoms with Crippen LogP contribution in [0.25, 0.3) is 0 Å². The van der Waals surface area contributed by atoms with Crippen LogP contribution in [0, 0.1) is 5.92 Å². The maximum absolute atomic E-state index is 12.5. The van der Waals surface area contributed by atoms with Gasteiger partial charge in [0.25, 0.3) is 0 Å². The van der Waals surface area contributed by atoms with Crippen molar-refractivity contribution in [2.24, 2.45) is 5.92 Å². The van der Waals surface area contributed by atoms with Crippen molar-refractivity contribution < 1.29 is 27.8 Å². The number of nitrogens with one attached hydrogen (secondary N) is 1. The van der Waals surface area contributed by atoms with Gasteiger partial charge in [0, 0.05) is 0 Å². The molecule has 0 radical (unpaired) electrons. The van der Waals surface area contributed by atoms with E-state index in [1.54, 1.807) is 6.07 Å². The molecule has 0 amide bonds. The number of benzene rings is 1. The van der Waals surface area contributed by atoms with Gasteiger partial charge < -0.3 is 14.6 Å². The summed E-state index contributed by atoms with van der Waals surface area (Å²) in [6, 6.07) is 3.31. The van der Waals surface area contributed by atoms with Crippen LogP contribution in [0.4, 0.5) is 0 Å². The SMILES string of the molecule is CC(C)C[C@H](NS(=O)(=O)c1cccc2c1OCCO2)C(=O)O. The first-order valence-electron chi connectivity index (χ1n) is 6.95. The van der Waals surface area contributed by atoms with Gasteiger partial charge in [-0.3, -0.25) is 4.79 Å². The van der Waals surface area contributed by atoms with E-state index in [0.717, 1.165) is 0 Å². The van der Waals surface area contributed by atoms with Gasteiger partial charge in [0.1, 0.15) is 24.2 Å². The van der Waals surface area contributed by atoms with E-state index >= 15 is 0 Å². The lowest BCUT2D eigenvalue weighted by molar-refractivity contribution is -0.139. The fourth-order valence-electron chi connectivity index (χ4n) is 2.18. The number of sulfonamides is 1. The molecule has 2 N–H and O–H groups in total. The van der Waals surface area contributed by atoms with Crippen molar-refractivity contribution in [3.8, 4) is 11.5 Å². The number of hydrogen-bond acceptors (Lipinski definition) is 5. The predicted molar refractivity (Wildman–Crippen MR) is 78.6 cm³/mol. The Balaban J connectivity index is 2.32. The fraction of sp³-hybridized carbons (Fsp3) is 0.500. The second-order valence-corrected chi connectivity index (χ2v) is 7.10. The van der Waals surface area contributed by atoms with Gasteiger partial charge in [0.15, 0.2) is 11.5 Å². The lowest BCUT2D eigenvalue weighted by Crippen LogP contribution is -2.41. The largest absolute Gasteiger partial charge is 0.486 e. The number of fused-ring (bicyclic) bond motifs is 1. The highest BCUT2D eigenvalue weighted by atomic mass is 32.2. The summed E-state index contributed by atoms with van der Waals surface area (Å²) in [5.41, 5.74) is 0. The average Bonchev–Trinajstić information content (AvgIpc) is 2.45. The number of carboxylic acid groups (broad SMARTS) is 1. The van der Waals surface area contributed by atoms with Gasteiger partial charge in [-0.15, -0.1) is 0 Å². The first kappa shape index (κ1) is 16.6. The summed E-state index contributed by atoms with van der Waals surface area (Å²) in [6.45, 7) is 4.24. The number of ether oxygens (including phenoxy) is 2. The van der Waals surface area contributed by atoms with E-state index in [1.807, 2.05) is 13.8 Å². The number of rotatable bonds is 6. The van der Waals surface area contributed by atoms with E-state index in [1.165, 1.54) is 12.1 Å². The maximum atomic E-state index is 12.5. The van der Waals surface area contributed by atoms with Gasteiger partial charge in [-0.1, -0.05) is 19.9 Å². The fourth-order valence-corrected chi connectivity index (χ4v) is 3.54. The Morgan fingerprint density at radius 3 is 2.64 bits per heavy atom. The van der Waals surface area contributed by atoms with Crippen molar-refractivity contribution >= 4 is 16.0 Å². The lowest BCUT2D eigenvalue weighted by atomic mass is 10.1. The van der Waals surface area contributed by atoms with E-state index < -0.39 is 22.0 Å². The average molecular weight is 329 g/mol. The number of aliphatic carboxylic acids is 1. The molecule has 0 spiro atoms. The van der Waals surface area contributed by atoms with Crippen LogP contribution in [0.3, 0.4) is 0 Å². The van der Waals surface area contributed by atoms with Gasteiger partial charge in [-0.25, -0.2) is 8.42 Å². The highest BCUT2D eigenvalue weighted by Crippen LogP contribution is 2.36. The van der Waals surface area contributed by atoms with Crippen molar-refractivity contribution in [2.45, 2.75) is 31.2 Å². The van der Waals surface area contributed by atoms with Crippen molar-refractivity contribution in [3.05, 3.63) is 18.2 Å². The molecule has 1 aliphatic rings. The number of hydrogen-bond donors (Lipinski definition) is 2. The summed E-state index contributed by atoms with van der Waals surface area (Å²) in [4.78, 5) is 11.1. The molecule has 0 unspecified atom stereocenters. The second kappa shape index (κ2) is 6.53. The van der Waals surface area contributed by atoms with Crippen LogP contribution < -0.4 is 14.2 Å². The van der Waals surface area contributed by atoms with Crippen LogP contribution in [0.15, 0.2) is 23.1 Å². The van der Waals surface area contributed by atoms with Crippen molar-refractivity contribution in [1.29, 1.82) is 0 Å². The number of carboxylic acids is 1. The molecule has 22 heavy (non-hydrogen) atoms. The molecule has 0 aliphatic carbocycles. The molecule has 1 aromatic carbocycles. The van der Waals surface area contributed by atoms with Crippen molar-refractivity contribution in [3.63, 3.8) is 0 Å². The highest BCUT2D eigenvalue weighted by Gasteiger charge is 2.30. The molecule has 1 atom stereocenters. The van der Waals surface area contributed by atoms with Gasteiger partial charge in [-0.05, 0) is 24.5 Å². The molecule has 0 aromatic heterocycles. The van der Waals surface area contributed by atoms with Crippen molar-refractivity contribution in [1.82, 2.24) is 4.72 Å². The third kappa shape index (κ3) is 3.69. The zero-order chi connectivity index (χ0) is 16.3. The first-order valence-corrected chi connectivity index (χ1v) is 8.43. The normalized spacial score (nSPS) is 15.6. The van der Waals surface area contributed by atoms with Crippen LogP contribution in [-0.2, 0) is 14.8 Å². The van der Waals surface area contributed by atoms with Crippen LogP contribution in [-0.4, -0.2) is 38.7 Å². The molecule has 2 rings (SSSR count). The predicted octanol–water partition coefficient (Wildman–Crippen LogP) is 1.24. The quantitative estimate of drug-likeness (QED) is 0.814. The number of carbonyl (C=O) groups is 1. The zero-order valence-electron chi connectivity index (χ0n) is 12.4. The van der Waals surface area contributed by atoms with E-state index in [2.05, 4.69) is 4.72 Å². The minimum absolute atomic E-state index is 0.0353. The standard InChI is InChI=1S/C14H19NO6S/c1-9(2)8-10(14(16)17)15-22(18,19)12-5-3-4-11-13(12)21-7-6-20-11/h3-5,9-10,15H,6-8H2,1-2H3,(H,16,17)/t10-/m0/s1. The molecule has 0 bridgehead atoms. The van der Waals surface area contributed by atoms with Crippen LogP contribution in [0.5, 0.6) is 11.5 Å². The minimum atomic E-state index is -4.03. The summed E-state index contributed by atoms with van der Waals surface area (Å²) in [5, 5.41) is 9.19. The number of para-hydroxylation sites is 1. The monoisotopic (exact) mass is 329 g/mol. The summed E-state index contributed by atoms with van der Waals surface area (Å²) < 4.78 is 37.9. The summed E-state index contributed by atoms with van der Waals surface area (Å²) in [7, 11) is -4.03. The van der Waals surface area contributed by atoms with E-state index in [9.17, 15) is 18.3 Å². The van der Waals surface area contributed by atoms with Crippen LogP contribution >= 0.6 is 0 Å². The van der Waals surface area contributed by atoms with Gasteiger partial charge in [-0.2, -0.15) is 4.72 Å². The first-order chi connectivity index (χ1) is 10.3. The topological polar surface area (TPSA) is 102 Å². The summed E-state index contributed by atoms with van der Waals surface area (Å²) in [6.07, 6.45) is 0.195. The molecule has 0 saturated carbocycles.